The van der Waals surface area contributed by atoms with Crippen LogP contribution in [0.5, 0.6) is 0 Å². The molecule has 0 unspecified atom stereocenters. The third-order valence-corrected chi connectivity index (χ3v) is 3.36. The summed E-state index contributed by atoms with van der Waals surface area (Å²) in [4.78, 5) is 13.7. The van der Waals surface area contributed by atoms with E-state index in [0.717, 1.165) is 18.7 Å². The Hall–Kier alpha value is -2.03. The van der Waals surface area contributed by atoms with E-state index in [9.17, 15) is 4.79 Å². The van der Waals surface area contributed by atoms with Crippen LogP contribution in [0.1, 0.15) is 19.4 Å². The summed E-state index contributed by atoms with van der Waals surface area (Å²) in [5.41, 5.74) is 1.15. The predicted octanol–water partition coefficient (Wildman–Crippen LogP) is 3.39. The molecule has 0 aromatic heterocycles. The summed E-state index contributed by atoms with van der Waals surface area (Å²) in [5, 5.41) is 5.38. The molecule has 3 heteroatoms. The van der Waals surface area contributed by atoms with Gasteiger partial charge in [0.05, 0.1) is 0 Å². The van der Waals surface area contributed by atoms with Gasteiger partial charge >= 0.3 is 6.03 Å². The number of benzene rings is 2. The van der Waals surface area contributed by atoms with Crippen LogP contribution in [0.25, 0.3) is 10.8 Å². The number of hydrogen-bond donors (Lipinski definition) is 1. The fraction of sp³-hybridized carbons (Fsp3) is 0.312. The van der Waals surface area contributed by atoms with E-state index in [1.54, 1.807) is 4.90 Å². The monoisotopic (exact) mass is 256 g/mol. The number of hydrogen-bond acceptors (Lipinski definition) is 1. The van der Waals surface area contributed by atoms with Crippen molar-refractivity contribution in [2.75, 3.05) is 13.1 Å². The molecule has 0 radical (unpaired) electrons. The van der Waals surface area contributed by atoms with Gasteiger partial charge in [-0.3, -0.25) is 0 Å². The molecule has 100 valence electrons. The van der Waals surface area contributed by atoms with E-state index in [1.807, 2.05) is 32.0 Å². The number of nitrogens with one attached hydrogen (secondary N) is 1. The van der Waals surface area contributed by atoms with Crippen LogP contribution in [0.4, 0.5) is 4.79 Å². The number of nitrogens with zero attached hydrogens (tertiary/aromatic N) is 1. The molecule has 2 rings (SSSR count). The number of carbonyl (C=O) groups is 1. The van der Waals surface area contributed by atoms with Crippen LogP contribution in [0.15, 0.2) is 42.5 Å². The van der Waals surface area contributed by atoms with Crippen molar-refractivity contribution >= 4 is 16.8 Å². The second kappa shape index (κ2) is 6.23. The van der Waals surface area contributed by atoms with Crippen LogP contribution in [0.3, 0.4) is 0 Å². The van der Waals surface area contributed by atoms with Gasteiger partial charge in [-0.1, -0.05) is 42.5 Å². The Bertz CT molecular complexity index is 556. The lowest BCUT2D eigenvalue weighted by atomic mass is 10.0. The zero-order chi connectivity index (χ0) is 13.7. The topological polar surface area (TPSA) is 32.3 Å². The molecule has 2 amide bonds. The SMILES string of the molecule is CCN(CC)C(=O)NCc1cccc2ccccc12. The molecule has 0 aliphatic heterocycles. The van der Waals surface area contributed by atoms with Crippen LogP contribution in [-0.4, -0.2) is 24.0 Å². The van der Waals surface area contributed by atoms with Crippen LogP contribution < -0.4 is 5.32 Å². The zero-order valence-electron chi connectivity index (χ0n) is 11.5. The van der Waals surface area contributed by atoms with Crippen LogP contribution in [0.2, 0.25) is 0 Å². The van der Waals surface area contributed by atoms with Gasteiger partial charge in [0, 0.05) is 19.6 Å². The Kier molecular flexibility index (Phi) is 4.39. The lowest BCUT2D eigenvalue weighted by Gasteiger charge is -2.19. The highest BCUT2D eigenvalue weighted by molar-refractivity contribution is 5.86. The van der Waals surface area contributed by atoms with Gasteiger partial charge in [0.1, 0.15) is 0 Å². The number of urea groups is 1. The molecule has 3 nitrogen and oxygen atoms in total. The van der Waals surface area contributed by atoms with Crippen molar-refractivity contribution in [3.05, 3.63) is 48.0 Å². The highest BCUT2D eigenvalue weighted by atomic mass is 16.2. The van der Waals surface area contributed by atoms with E-state index in [4.69, 9.17) is 0 Å². The van der Waals surface area contributed by atoms with E-state index in [1.165, 1.54) is 10.8 Å². The first kappa shape index (κ1) is 13.4. The summed E-state index contributed by atoms with van der Waals surface area (Å²) < 4.78 is 0. The molecule has 0 aliphatic carbocycles. The molecule has 2 aromatic carbocycles. The number of fused-ring (bicyclic) bond motifs is 1. The molecule has 0 saturated heterocycles. The largest absolute Gasteiger partial charge is 0.334 e. The van der Waals surface area contributed by atoms with E-state index >= 15 is 0 Å². The molecule has 2 aromatic rings. The Balaban J connectivity index is 2.12. The minimum atomic E-state index is -0.00191. The maximum absolute atomic E-state index is 11.9. The summed E-state index contributed by atoms with van der Waals surface area (Å²) in [6.45, 7) is 6.01. The Morgan fingerprint density at radius 1 is 1.05 bits per heavy atom. The first-order valence-corrected chi connectivity index (χ1v) is 6.75. The van der Waals surface area contributed by atoms with Gasteiger partial charge in [-0.05, 0) is 30.2 Å². The molecule has 0 saturated carbocycles. The molecule has 0 fully saturated rings. The Labute approximate surface area is 114 Å². The third kappa shape index (κ3) is 3.05. The second-order valence-corrected chi connectivity index (χ2v) is 4.47. The molecular formula is C16H20N2O. The molecule has 0 heterocycles. The van der Waals surface area contributed by atoms with Gasteiger partial charge < -0.3 is 10.2 Å². The van der Waals surface area contributed by atoms with E-state index in [0.29, 0.717) is 6.54 Å². The van der Waals surface area contributed by atoms with Gasteiger partial charge in [0.15, 0.2) is 0 Å². The fourth-order valence-electron chi connectivity index (χ4n) is 2.24. The lowest BCUT2D eigenvalue weighted by Crippen LogP contribution is -2.39. The molecule has 0 aliphatic rings. The van der Waals surface area contributed by atoms with Crippen LogP contribution in [0, 0.1) is 0 Å². The van der Waals surface area contributed by atoms with Gasteiger partial charge in [-0.25, -0.2) is 4.79 Å². The van der Waals surface area contributed by atoms with Crippen LogP contribution >= 0.6 is 0 Å². The number of amides is 2. The van der Waals surface area contributed by atoms with E-state index in [2.05, 4.69) is 29.6 Å². The first-order chi connectivity index (χ1) is 9.26. The second-order valence-electron chi connectivity index (χ2n) is 4.47. The summed E-state index contributed by atoms with van der Waals surface area (Å²) in [6.07, 6.45) is 0. The van der Waals surface area contributed by atoms with Gasteiger partial charge in [0.2, 0.25) is 0 Å². The smallest absolute Gasteiger partial charge is 0.317 e. The maximum atomic E-state index is 11.9. The van der Waals surface area contributed by atoms with Crippen molar-refractivity contribution in [2.45, 2.75) is 20.4 Å². The van der Waals surface area contributed by atoms with Gasteiger partial charge in [-0.2, -0.15) is 0 Å². The third-order valence-electron chi connectivity index (χ3n) is 3.36. The first-order valence-electron chi connectivity index (χ1n) is 6.75. The zero-order valence-corrected chi connectivity index (χ0v) is 11.5. The standard InChI is InChI=1S/C16H20N2O/c1-3-18(4-2)16(19)17-12-14-10-7-9-13-8-5-6-11-15(13)14/h5-11H,3-4,12H2,1-2H3,(H,17,19). The van der Waals surface area contributed by atoms with Crippen molar-refractivity contribution in [3.63, 3.8) is 0 Å². The molecule has 19 heavy (non-hydrogen) atoms. The van der Waals surface area contributed by atoms with Crippen molar-refractivity contribution in [2.24, 2.45) is 0 Å². The van der Waals surface area contributed by atoms with Gasteiger partial charge in [0.25, 0.3) is 0 Å². The maximum Gasteiger partial charge on any atom is 0.317 e. The Morgan fingerprint density at radius 3 is 2.47 bits per heavy atom. The highest BCUT2D eigenvalue weighted by Gasteiger charge is 2.09. The van der Waals surface area contributed by atoms with E-state index < -0.39 is 0 Å². The van der Waals surface area contributed by atoms with Crippen LogP contribution in [-0.2, 0) is 6.54 Å². The molecule has 0 atom stereocenters. The van der Waals surface area contributed by atoms with Crippen molar-refractivity contribution in [1.82, 2.24) is 10.2 Å². The number of rotatable bonds is 4. The summed E-state index contributed by atoms with van der Waals surface area (Å²) in [6, 6.07) is 14.4. The average molecular weight is 256 g/mol. The van der Waals surface area contributed by atoms with Gasteiger partial charge in [-0.15, -0.1) is 0 Å². The fourth-order valence-corrected chi connectivity index (χ4v) is 2.24. The predicted molar refractivity (Wildman–Crippen MR) is 79.1 cm³/mol. The molecular weight excluding hydrogens is 236 g/mol. The molecule has 0 bridgehead atoms. The highest BCUT2D eigenvalue weighted by Crippen LogP contribution is 2.18. The number of carbonyl (C=O) groups excluding carboxylic acids is 1. The van der Waals surface area contributed by atoms with Crippen molar-refractivity contribution < 1.29 is 4.79 Å². The molecule has 0 spiro atoms. The quantitative estimate of drug-likeness (QED) is 0.893. The lowest BCUT2D eigenvalue weighted by molar-refractivity contribution is 0.203. The minimum absolute atomic E-state index is 0.00191. The summed E-state index contributed by atoms with van der Waals surface area (Å²) in [5.74, 6) is 0. The normalized spacial score (nSPS) is 10.4. The molecule has 1 N–H and O–H groups in total. The van der Waals surface area contributed by atoms with E-state index in [-0.39, 0.29) is 6.03 Å². The average Bonchev–Trinajstić information content (AvgIpc) is 2.46. The summed E-state index contributed by atoms with van der Waals surface area (Å²) in [7, 11) is 0. The van der Waals surface area contributed by atoms with Crippen molar-refractivity contribution in [3.8, 4) is 0 Å². The Morgan fingerprint density at radius 2 is 1.74 bits per heavy atom. The summed E-state index contributed by atoms with van der Waals surface area (Å²) >= 11 is 0. The van der Waals surface area contributed by atoms with Crippen molar-refractivity contribution in [1.29, 1.82) is 0 Å². The minimum Gasteiger partial charge on any atom is -0.334 e.